The highest BCUT2D eigenvalue weighted by Gasteiger charge is 2.23. The maximum absolute atomic E-state index is 13.4. The van der Waals surface area contributed by atoms with Gasteiger partial charge in [-0.3, -0.25) is 9.36 Å². The van der Waals surface area contributed by atoms with Crippen LogP contribution in [0, 0.1) is 0 Å². The number of hydrogen-bond acceptors (Lipinski definition) is 8. The Bertz CT molecular complexity index is 1490. The fourth-order valence-electron chi connectivity index (χ4n) is 4.06. The lowest BCUT2D eigenvalue weighted by atomic mass is 10.2. The Morgan fingerprint density at radius 3 is 2.76 bits per heavy atom. The van der Waals surface area contributed by atoms with Gasteiger partial charge in [-0.25, -0.2) is 4.98 Å². The van der Waals surface area contributed by atoms with Crippen molar-refractivity contribution in [2.75, 3.05) is 6.61 Å². The van der Waals surface area contributed by atoms with Crippen molar-refractivity contribution in [3.05, 3.63) is 70.8 Å². The van der Waals surface area contributed by atoms with Crippen molar-refractivity contribution >= 4 is 33.8 Å². The molecule has 5 aromatic rings. The molecule has 1 fully saturated rings. The molecule has 33 heavy (non-hydrogen) atoms. The van der Waals surface area contributed by atoms with Gasteiger partial charge in [-0.15, -0.1) is 0 Å². The van der Waals surface area contributed by atoms with Gasteiger partial charge >= 0.3 is 0 Å². The normalized spacial score (nSPS) is 16.2. The molecule has 3 aromatic heterocycles. The molecule has 4 heterocycles. The van der Waals surface area contributed by atoms with E-state index in [4.69, 9.17) is 18.7 Å². The summed E-state index contributed by atoms with van der Waals surface area (Å²) >= 11 is 1.39. The minimum absolute atomic E-state index is 0.0150. The molecule has 0 amide bonds. The van der Waals surface area contributed by atoms with E-state index in [0.717, 1.165) is 23.8 Å². The van der Waals surface area contributed by atoms with E-state index in [2.05, 4.69) is 10.1 Å². The van der Waals surface area contributed by atoms with E-state index in [1.807, 2.05) is 54.6 Å². The maximum atomic E-state index is 13.4. The molecular weight excluding hydrogens is 440 g/mol. The second-order valence-electron chi connectivity index (χ2n) is 7.89. The monoisotopic (exact) mass is 460 g/mol. The zero-order valence-corrected chi connectivity index (χ0v) is 18.5. The standard InChI is InChI=1S/C24H20N4O4S/c29-23-21-20(17-10-4-5-11-18(17)31-21)26-24(28(23)13-16-9-6-12-30-16)33-14-19-25-22(27-32-19)15-7-2-1-3-8-15/h1-5,7-8,10-11,16H,6,9,12-14H2/t16-/m1/s1. The van der Waals surface area contributed by atoms with Crippen LogP contribution in [0.4, 0.5) is 0 Å². The second kappa shape index (κ2) is 8.49. The smallest absolute Gasteiger partial charge is 0.297 e. The molecule has 1 aliphatic rings. The first kappa shape index (κ1) is 20.2. The van der Waals surface area contributed by atoms with Crippen LogP contribution in [0.1, 0.15) is 18.7 Å². The van der Waals surface area contributed by atoms with Crippen molar-refractivity contribution in [2.45, 2.75) is 36.4 Å². The van der Waals surface area contributed by atoms with Crippen molar-refractivity contribution in [1.82, 2.24) is 19.7 Å². The molecule has 0 radical (unpaired) electrons. The number of nitrogens with zero attached hydrogens (tertiary/aromatic N) is 4. The number of para-hydroxylation sites is 1. The van der Waals surface area contributed by atoms with Gasteiger partial charge in [-0.2, -0.15) is 4.98 Å². The third-order valence-corrected chi connectivity index (χ3v) is 6.64. The fraction of sp³-hybridized carbons (Fsp3) is 0.250. The number of rotatable bonds is 6. The van der Waals surface area contributed by atoms with Crippen molar-refractivity contribution < 1.29 is 13.7 Å². The summed E-state index contributed by atoms with van der Waals surface area (Å²) < 4.78 is 18.8. The molecule has 0 unspecified atom stereocenters. The molecule has 1 aliphatic heterocycles. The molecule has 166 valence electrons. The Balaban J connectivity index is 1.36. The van der Waals surface area contributed by atoms with Gasteiger partial charge in [0, 0.05) is 17.6 Å². The summed E-state index contributed by atoms with van der Waals surface area (Å²) in [6, 6.07) is 17.2. The van der Waals surface area contributed by atoms with Gasteiger partial charge in [0.05, 0.1) is 18.4 Å². The highest BCUT2D eigenvalue weighted by molar-refractivity contribution is 7.98. The summed E-state index contributed by atoms with van der Waals surface area (Å²) in [5.74, 6) is 1.39. The van der Waals surface area contributed by atoms with Gasteiger partial charge in [0.25, 0.3) is 5.56 Å². The lowest BCUT2D eigenvalue weighted by molar-refractivity contribution is 0.0936. The van der Waals surface area contributed by atoms with Crippen molar-refractivity contribution in [3.8, 4) is 11.4 Å². The molecule has 1 atom stereocenters. The Hall–Kier alpha value is -3.43. The van der Waals surface area contributed by atoms with Gasteiger partial charge in [-0.1, -0.05) is 59.4 Å². The van der Waals surface area contributed by atoms with Crippen LogP contribution in [0.5, 0.6) is 0 Å². The molecular formula is C24H20N4O4S. The number of thioether (sulfide) groups is 1. The van der Waals surface area contributed by atoms with Crippen LogP contribution < -0.4 is 5.56 Å². The van der Waals surface area contributed by atoms with E-state index >= 15 is 0 Å². The summed E-state index contributed by atoms with van der Waals surface area (Å²) in [5.41, 5.74) is 2.16. The number of furan rings is 1. The Morgan fingerprint density at radius 1 is 1.06 bits per heavy atom. The topological polar surface area (TPSA) is 96.2 Å². The number of ether oxygens (including phenoxy) is 1. The van der Waals surface area contributed by atoms with Crippen LogP contribution in [-0.4, -0.2) is 32.4 Å². The lowest BCUT2D eigenvalue weighted by Gasteiger charge is -2.15. The third-order valence-electron chi connectivity index (χ3n) is 5.68. The lowest BCUT2D eigenvalue weighted by Crippen LogP contribution is -2.28. The fourth-order valence-corrected chi connectivity index (χ4v) is 4.90. The molecule has 0 bridgehead atoms. The Labute approximate surface area is 192 Å². The zero-order valence-electron chi connectivity index (χ0n) is 17.6. The first-order valence-corrected chi connectivity index (χ1v) is 11.8. The molecule has 9 heteroatoms. The molecule has 0 aliphatic carbocycles. The molecule has 2 aromatic carbocycles. The highest BCUT2D eigenvalue weighted by atomic mass is 32.2. The summed E-state index contributed by atoms with van der Waals surface area (Å²) in [6.07, 6.45) is 1.89. The molecule has 1 saturated heterocycles. The van der Waals surface area contributed by atoms with Crippen LogP contribution >= 0.6 is 11.8 Å². The maximum Gasteiger partial charge on any atom is 0.297 e. The van der Waals surface area contributed by atoms with E-state index in [1.54, 1.807) is 4.57 Å². The van der Waals surface area contributed by atoms with Crippen LogP contribution in [0.2, 0.25) is 0 Å². The Kier molecular flexibility index (Phi) is 5.20. The summed E-state index contributed by atoms with van der Waals surface area (Å²) in [5, 5.41) is 5.48. The average molecular weight is 461 g/mol. The summed E-state index contributed by atoms with van der Waals surface area (Å²) in [7, 11) is 0. The summed E-state index contributed by atoms with van der Waals surface area (Å²) in [6.45, 7) is 1.15. The van der Waals surface area contributed by atoms with Crippen molar-refractivity contribution in [2.24, 2.45) is 0 Å². The minimum atomic E-state index is -0.204. The van der Waals surface area contributed by atoms with Crippen LogP contribution in [-0.2, 0) is 17.0 Å². The second-order valence-corrected chi connectivity index (χ2v) is 8.83. The highest BCUT2D eigenvalue weighted by Crippen LogP contribution is 2.29. The molecule has 0 saturated carbocycles. The van der Waals surface area contributed by atoms with Gasteiger partial charge < -0.3 is 13.7 Å². The first-order valence-electron chi connectivity index (χ1n) is 10.8. The number of benzene rings is 2. The predicted molar refractivity (Wildman–Crippen MR) is 124 cm³/mol. The van der Waals surface area contributed by atoms with E-state index < -0.39 is 0 Å². The van der Waals surface area contributed by atoms with Crippen molar-refractivity contribution in [3.63, 3.8) is 0 Å². The SMILES string of the molecule is O=c1c2oc3ccccc3c2nc(SCc2nc(-c3ccccc3)no2)n1C[C@H]1CCCO1. The van der Waals surface area contributed by atoms with Crippen LogP contribution in [0.3, 0.4) is 0 Å². The third kappa shape index (κ3) is 3.83. The number of aromatic nitrogens is 4. The van der Waals surface area contributed by atoms with E-state index in [0.29, 0.717) is 46.9 Å². The Morgan fingerprint density at radius 2 is 1.91 bits per heavy atom. The average Bonchev–Trinajstić information content (AvgIpc) is 3.61. The van der Waals surface area contributed by atoms with E-state index in [9.17, 15) is 4.79 Å². The zero-order chi connectivity index (χ0) is 22.2. The van der Waals surface area contributed by atoms with Gasteiger partial charge in [0.15, 0.2) is 5.16 Å². The predicted octanol–water partition coefficient (Wildman–Crippen LogP) is 4.66. The molecule has 8 nitrogen and oxygen atoms in total. The van der Waals surface area contributed by atoms with Gasteiger partial charge in [-0.05, 0) is 25.0 Å². The largest absolute Gasteiger partial charge is 0.448 e. The van der Waals surface area contributed by atoms with Gasteiger partial charge in [0.2, 0.25) is 17.3 Å². The number of fused-ring (bicyclic) bond motifs is 3. The van der Waals surface area contributed by atoms with Gasteiger partial charge in [0.1, 0.15) is 11.1 Å². The van der Waals surface area contributed by atoms with E-state index in [-0.39, 0.29) is 17.2 Å². The molecule has 0 spiro atoms. The van der Waals surface area contributed by atoms with Crippen LogP contribution in [0.25, 0.3) is 33.5 Å². The number of hydrogen-bond donors (Lipinski definition) is 0. The molecule has 6 rings (SSSR count). The van der Waals surface area contributed by atoms with Crippen LogP contribution in [0.15, 0.2) is 73.5 Å². The quantitative estimate of drug-likeness (QED) is 0.267. The van der Waals surface area contributed by atoms with E-state index in [1.165, 1.54) is 11.8 Å². The minimum Gasteiger partial charge on any atom is -0.448 e. The summed E-state index contributed by atoms with van der Waals surface area (Å²) in [4.78, 5) is 22.7. The first-order chi connectivity index (χ1) is 16.3. The molecule has 0 N–H and O–H groups in total. The van der Waals surface area contributed by atoms with Crippen molar-refractivity contribution in [1.29, 1.82) is 0 Å².